The van der Waals surface area contributed by atoms with Crippen LogP contribution in [-0.4, -0.2) is 19.7 Å². The van der Waals surface area contributed by atoms with Crippen LogP contribution >= 0.6 is 11.8 Å². The van der Waals surface area contributed by atoms with Crippen LogP contribution in [0, 0.1) is 10.1 Å². The third-order valence-electron chi connectivity index (χ3n) is 3.04. The maximum absolute atomic E-state index is 11.0. The number of hydrogen-bond donors (Lipinski definition) is 0. The smallest absolute Gasteiger partial charge is 0.258 e. The van der Waals surface area contributed by atoms with Gasteiger partial charge in [-0.2, -0.15) is 0 Å². The molecule has 0 N–H and O–H groups in total. The van der Waals surface area contributed by atoms with Crippen molar-refractivity contribution >= 4 is 17.4 Å². The van der Waals surface area contributed by atoms with E-state index in [0.29, 0.717) is 16.5 Å². The summed E-state index contributed by atoms with van der Waals surface area (Å²) in [5.74, 6) is 0.454. The summed E-state index contributed by atoms with van der Waals surface area (Å²) in [4.78, 5) is 14.8. The molecule has 22 heavy (non-hydrogen) atoms. The second-order valence-electron chi connectivity index (χ2n) is 4.48. The summed E-state index contributed by atoms with van der Waals surface area (Å²) < 4.78 is 1.68. The number of aromatic nitrogens is 3. The summed E-state index contributed by atoms with van der Waals surface area (Å²) in [7, 11) is 0. The predicted molar refractivity (Wildman–Crippen MR) is 84.0 cm³/mol. The lowest BCUT2D eigenvalue weighted by molar-refractivity contribution is -0.385. The second-order valence-corrected chi connectivity index (χ2v) is 5.42. The highest BCUT2D eigenvalue weighted by Crippen LogP contribution is 2.25. The van der Waals surface area contributed by atoms with E-state index >= 15 is 0 Å². The van der Waals surface area contributed by atoms with Gasteiger partial charge in [-0.1, -0.05) is 48.2 Å². The predicted octanol–water partition coefficient (Wildman–Crippen LogP) is 3.47. The van der Waals surface area contributed by atoms with Crippen LogP contribution in [0.2, 0.25) is 0 Å². The van der Waals surface area contributed by atoms with Gasteiger partial charge in [0.05, 0.1) is 10.6 Å². The Hall–Kier alpha value is -2.67. The molecule has 0 amide bonds. The number of nitro groups is 1. The molecule has 0 aliphatic carbocycles. The number of thioether (sulfide) groups is 1. The molecule has 0 saturated heterocycles. The number of nitrogens with zero attached hydrogens (tertiary/aromatic N) is 4. The molecule has 110 valence electrons. The zero-order chi connectivity index (χ0) is 15.4. The first-order chi connectivity index (χ1) is 10.7. The van der Waals surface area contributed by atoms with Gasteiger partial charge in [0.25, 0.3) is 5.69 Å². The van der Waals surface area contributed by atoms with E-state index in [1.165, 1.54) is 17.8 Å². The molecule has 7 heteroatoms. The zero-order valence-corrected chi connectivity index (χ0v) is 12.3. The molecule has 0 spiro atoms. The highest BCUT2D eigenvalue weighted by molar-refractivity contribution is 7.98. The summed E-state index contributed by atoms with van der Waals surface area (Å²) in [5, 5.41) is 15.9. The number of nitro benzene ring substituents is 1. The van der Waals surface area contributed by atoms with Gasteiger partial charge >= 0.3 is 0 Å². The van der Waals surface area contributed by atoms with Crippen LogP contribution in [0.25, 0.3) is 5.69 Å². The molecule has 0 bridgehead atoms. The first-order valence-electron chi connectivity index (χ1n) is 6.56. The van der Waals surface area contributed by atoms with Gasteiger partial charge in [-0.05, 0) is 12.1 Å². The van der Waals surface area contributed by atoms with Crippen molar-refractivity contribution in [3.05, 3.63) is 76.6 Å². The molecule has 0 unspecified atom stereocenters. The Labute approximate surface area is 131 Å². The van der Waals surface area contributed by atoms with Crippen molar-refractivity contribution in [3.8, 4) is 5.69 Å². The first kappa shape index (κ1) is 14.3. The molecule has 1 heterocycles. The van der Waals surface area contributed by atoms with Crippen molar-refractivity contribution in [2.75, 3.05) is 0 Å². The number of rotatable bonds is 5. The van der Waals surface area contributed by atoms with E-state index in [1.54, 1.807) is 29.2 Å². The SMILES string of the molecule is O=[N+]([O-])c1ccccc1CSc1ncn(-c2ccccc2)n1. The van der Waals surface area contributed by atoms with Gasteiger partial charge < -0.3 is 0 Å². The Kier molecular flexibility index (Phi) is 4.15. The zero-order valence-electron chi connectivity index (χ0n) is 11.5. The van der Waals surface area contributed by atoms with E-state index in [4.69, 9.17) is 0 Å². The Morgan fingerprint density at radius 2 is 1.82 bits per heavy atom. The first-order valence-corrected chi connectivity index (χ1v) is 7.55. The standard InChI is InChI=1S/C15H12N4O2S/c20-19(21)14-9-5-4-6-12(14)10-22-15-16-11-18(17-15)13-7-2-1-3-8-13/h1-9,11H,10H2. The highest BCUT2D eigenvalue weighted by Gasteiger charge is 2.13. The number of para-hydroxylation sites is 2. The lowest BCUT2D eigenvalue weighted by Gasteiger charge is -2.00. The van der Waals surface area contributed by atoms with Crippen LogP contribution in [0.15, 0.2) is 66.1 Å². The summed E-state index contributed by atoms with van der Waals surface area (Å²) in [6.45, 7) is 0. The quantitative estimate of drug-likeness (QED) is 0.410. The lowest BCUT2D eigenvalue weighted by Crippen LogP contribution is -1.95. The summed E-state index contributed by atoms with van der Waals surface area (Å²) in [6.07, 6.45) is 1.64. The molecule has 0 fully saturated rings. The van der Waals surface area contributed by atoms with Gasteiger partial charge in [-0.15, -0.1) is 5.10 Å². The van der Waals surface area contributed by atoms with Gasteiger partial charge in [0.1, 0.15) is 6.33 Å². The van der Waals surface area contributed by atoms with E-state index < -0.39 is 0 Å². The fourth-order valence-corrected chi connectivity index (χ4v) is 2.77. The molecule has 0 saturated carbocycles. The second kappa shape index (κ2) is 6.40. The van der Waals surface area contributed by atoms with Gasteiger partial charge in [0.2, 0.25) is 5.16 Å². The van der Waals surface area contributed by atoms with Crippen molar-refractivity contribution in [2.45, 2.75) is 10.9 Å². The molecule has 6 nitrogen and oxygen atoms in total. The minimum absolute atomic E-state index is 0.123. The van der Waals surface area contributed by atoms with Gasteiger partial charge in [0.15, 0.2) is 0 Å². The van der Waals surface area contributed by atoms with E-state index in [0.717, 1.165) is 5.69 Å². The molecule has 1 aromatic heterocycles. The molecule has 2 aromatic carbocycles. The van der Waals surface area contributed by atoms with Crippen LogP contribution in [0.4, 0.5) is 5.69 Å². The average molecular weight is 312 g/mol. The normalized spacial score (nSPS) is 10.5. The van der Waals surface area contributed by atoms with Gasteiger partial charge in [0, 0.05) is 17.4 Å². The number of hydrogen-bond acceptors (Lipinski definition) is 5. The highest BCUT2D eigenvalue weighted by atomic mass is 32.2. The molecule has 0 atom stereocenters. The van der Waals surface area contributed by atoms with Crippen molar-refractivity contribution in [1.29, 1.82) is 0 Å². The molecule has 3 aromatic rings. The average Bonchev–Trinajstić information content (AvgIpc) is 3.03. The molecule has 0 aliphatic heterocycles. The summed E-state index contributed by atoms with van der Waals surface area (Å²) in [6, 6.07) is 16.4. The molecular formula is C15H12N4O2S. The van der Waals surface area contributed by atoms with Crippen LogP contribution in [0.3, 0.4) is 0 Å². The van der Waals surface area contributed by atoms with Crippen LogP contribution in [-0.2, 0) is 5.75 Å². The van der Waals surface area contributed by atoms with E-state index in [1.807, 2.05) is 30.3 Å². The molecule has 0 radical (unpaired) electrons. The Balaban J connectivity index is 1.73. The van der Waals surface area contributed by atoms with E-state index in [9.17, 15) is 10.1 Å². The lowest BCUT2D eigenvalue weighted by atomic mass is 10.2. The fraction of sp³-hybridized carbons (Fsp3) is 0.0667. The van der Waals surface area contributed by atoms with Gasteiger partial charge in [-0.25, -0.2) is 9.67 Å². The van der Waals surface area contributed by atoms with Crippen LogP contribution in [0.1, 0.15) is 5.56 Å². The maximum atomic E-state index is 11.0. The van der Waals surface area contributed by atoms with Crippen molar-refractivity contribution in [3.63, 3.8) is 0 Å². The van der Waals surface area contributed by atoms with Crippen molar-refractivity contribution in [2.24, 2.45) is 0 Å². The molecule has 0 aliphatic rings. The molecular weight excluding hydrogens is 300 g/mol. The van der Waals surface area contributed by atoms with Crippen LogP contribution in [0.5, 0.6) is 0 Å². The summed E-state index contributed by atoms with van der Waals surface area (Å²) >= 11 is 1.37. The summed E-state index contributed by atoms with van der Waals surface area (Å²) in [5.41, 5.74) is 1.71. The largest absolute Gasteiger partial charge is 0.273 e. The van der Waals surface area contributed by atoms with Crippen LogP contribution < -0.4 is 0 Å². The van der Waals surface area contributed by atoms with Crippen molar-refractivity contribution in [1.82, 2.24) is 14.8 Å². The maximum Gasteiger partial charge on any atom is 0.273 e. The fourth-order valence-electron chi connectivity index (χ4n) is 1.97. The Morgan fingerprint density at radius 3 is 2.59 bits per heavy atom. The monoisotopic (exact) mass is 312 g/mol. The molecule has 3 rings (SSSR count). The number of benzene rings is 2. The Morgan fingerprint density at radius 1 is 1.09 bits per heavy atom. The van der Waals surface area contributed by atoms with Gasteiger partial charge in [-0.3, -0.25) is 10.1 Å². The van der Waals surface area contributed by atoms with Crippen molar-refractivity contribution < 1.29 is 4.92 Å². The van der Waals surface area contributed by atoms with E-state index in [-0.39, 0.29) is 10.6 Å². The Bertz CT molecular complexity index is 789. The van der Waals surface area contributed by atoms with E-state index in [2.05, 4.69) is 10.1 Å². The minimum atomic E-state index is -0.369. The third kappa shape index (κ3) is 3.15. The topological polar surface area (TPSA) is 73.8 Å². The minimum Gasteiger partial charge on any atom is -0.258 e. The third-order valence-corrected chi connectivity index (χ3v) is 3.94.